The summed E-state index contributed by atoms with van der Waals surface area (Å²) in [7, 11) is 0. The van der Waals surface area contributed by atoms with Gasteiger partial charge in [-0.25, -0.2) is 9.69 Å². The maximum Gasteiger partial charge on any atom is 0.332 e. The highest BCUT2D eigenvalue weighted by Crippen LogP contribution is 2.54. The lowest BCUT2D eigenvalue weighted by Gasteiger charge is -2.46. The summed E-state index contributed by atoms with van der Waals surface area (Å²) in [5.74, 6) is -4.34. The molecule has 5 rings (SSSR count). The normalized spacial score (nSPS) is 35.6. The van der Waals surface area contributed by atoms with Crippen molar-refractivity contribution in [3.63, 3.8) is 0 Å². The van der Waals surface area contributed by atoms with E-state index in [4.69, 9.17) is 4.74 Å². The van der Waals surface area contributed by atoms with E-state index in [0.29, 0.717) is 12.8 Å². The van der Waals surface area contributed by atoms with Crippen molar-refractivity contribution in [1.29, 1.82) is 0 Å². The average Bonchev–Trinajstić information content (AvgIpc) is 3.40. The Balaban J connectivity index is 1.37. The van der Waals surface area contributed by atoms with E-state index in [0.717, 1.165) is 39.3 Å². The van der Waals surface area contributed by atoms with Crippen LogP contribution >= 0.6 is 11.8 Å². The first-order chi connectivity index (χ1) is 17.0. The summed E-state index contributed by atoms with van der Waals surface area (Å²) in [5, 5.41) is 9.05. The van der Waals surface area contributed by atoms with Gasteiger partial charge in [-0.1, -0.05) is 12.8 Å². The number of likely N-dealkylation sites (tertiary alicyclic amines) is 2. The van der Waals surface area contributed by atoms with E-state index in [1.54, 1.807) is 0 Å². The molecule has 5 amide bonds. The summed E-state index contributed by atoms with van der Waals surface area (Å²) >= 11 is 1.02. The number of hydrogen-bond donors (Lipinski definition) is 0. The predicted octanol–water partition coefficient (Wildman–Crippen LogP) is -0.569. The summed E-state index contributed by atoms with van der Waals surface area (Å²) < 4.78 is 3.84. The molecule has 4 heterocycles. The molecule has 0 spiro atoms. The number of esters is 1. The molecular formula is C21H24N4O10S. The lowest BCUT2D eigenvalue weighted by atomic mass is 9.81. The van der Waals surface area contributed by atoms with Crippen molar-refractivity contribution in [3.05, 3.63) is 10.1 Å². The average molecular weight is 525 g/mol. The monoisotopic (exact) mass is 524 g/mol. The minimum atomic E-state index is -1.36. The number of carbonyl (C=O) groups excluding carboxylic acids is 6. The maximum absolute atomic E-state index is 13.3. The summed E-state index contributed by atoms with van der Waals surface area (Å²) in [5.41, 5.74) is 0. The van der Waals surface area contributed by atoms with Gasteiger partial charge >= 0.3 is 5.97 Å². The third kappa shape index (κ3) is 3.62. The van der Waals surface area contributed by atoms with Crippen LogP contribution in [-0.4, -0.2) is 90.8 Å². The molecule has 4 saturated heterocycles. The number of hydrogen-bond acceptors (Lipinski definition) is 11. The van der Waals surface area contributed by atoms with Crippen LogP contribution in [0.15, 0.2) is 0 Å². The molecule has 0 aromatic heterocycles. The van der Waals surface area contributed by atoms with Crippen LogP contribution in [0.1, 0.15) is 45.4 Å². The lowest BCUT2D eigenvalue weighted by Crippen LogP contribution is -2.71. The maximum atomic E-state index is 13.3. The van der Waals surface area contributed by atoms with Gasteiger partial charge in [0.15, 0.2) is 6.73 Å². The van der Waals surface area contributed by atoms with Crippen molar-refractivity contribution in [2.45, 2.75) is 67.7 Å². The van der Waals surface area contributed by atoms with Crippen LogP contribution in [0, 0.1) is 22.0 Å². The first-order valence-corrected chi connectivity index (χ1v) is 12.6. The fourth-order valence-electron chi connectivity index (χ4n) is 5.83. The molecule has 5 fully saturated rings. The molecule has 0 aromatic carbocycles. The largest absolute Gasteiger partial charge is 0.442 e. The van der Waals surface area contributed by atoms with Crippen LogP contribution in [-0.2, 0) is 38.3 Å². The number of β-lactam (4-membered cyclic amide) rings is 1. The van der Waals surface area contributed by atoms with E-state index < -0.39 is 88.0 Å². The van der Waals surface area contributed by atoms with Crippen LogP contribution < -0.4 is 0 Å². The fraction of sp³-hybridized carbons (Fsp3) is 0.714. The molecule has 1 aliphatic carbocycles. The van der Waals surface area contributed by atoms with E-state index in [-0.39, 0.29) is 12.8 Å². The Morgan fingerprint density at radius 1 is 1.06 bits per heavy atom. The third-order valence-electron chi connectivity index (χ3n) is 7.62. The van der Waals surface area contributed by atoms with Crippen molar-refractivity contribution in [3.8, 4) is 0 Å². The Hall–Kier alpha value is -3.23. The van der Waals surface area contributed by atoms with Crippen molar-refractivity contribution in [1.82, 2.24) is 14.7 Å². The van der Waals surface area contributed by atoms with Gasteiger partial charge in [0, 0.05) is 12.8 Å². The number of fused-ring (bicyclic) bond motifs is 2. The topological polar surface area (TPSA) is 174 Å². The second-order valence-electron chi connectivity index (χ2n) is 9.76. The standard InChI is InChI=1S/C21H24N4O10S/c1-21(8-35-25(32)33)15(20(31)34-9-22-12(26)6-7-13(22)27)24-18(30)14(19(24)36-21)23-16(28)10-4-2-3-5-11(10)17(23)29/h10-11,14-15,19H,2-9H2,1H3/t10?,11?,14?,15?,19-,21-/m0/s1. The molecule has 4 aliphatic heterocycles. The third-order valence-corrected chi connectivity index (χ3v) is 9.23. The highest BCUT2D eigenvalue weighted by atomic mass is 32.2. The Morgan fingerprint density at radius 2 is 1.64 bits per heavy atom. The van der Waals surface area contributed by atoms with Gasteiger partial charge in [-0.3, -0.25) is 28.9 Å². The summed E-state index contributed by atoms with van der Waals surface area (Å²) in [6.07, 6.45) is 2.79. The van der Waals surface area contributed by atoms with Gasteiger partial charge in [-0.2, -0.15) is 0 Å². The van der Waals surface area contributed by atoms with E-state index in [1.165, 1.54) is 6.92 Å². The molecule has 4 unspecified atom stereocenters. The smallest absolute Gasteiger partial charge is 0.332 e. The molecule has 14 nitrogen and oxygen atoms in total. The summed E-state index contributed by atoms with van der Waals surface area (Å²) in [4.78, 5) is 94.6. The number of carbonyl (C=O) groups is 6. The molecule has 36 heavy (non-hydrogen) atoms. The van der Waals surface area contributed by atoms with E-state index >= 15 is 0 Å². The van der Waals surface area contributed by atoms with Crippen LogP contribution in [0.2, 0.25) is 0 Å². The summed E-state index contributed by atoms with van der Waals surface area (Å²) in [6.45, 7) is 0.258. The second kappa shape index (κ2) is 8.71. The second-order valence-corrected chi connectivity index (χ2v) is 11.4. The van der Waals surface area contributed by atoms with Gasteiger partial charge < -0.3 is 14.5 Å². The Morgan fingerprint density at radius 3 is 2.19 bits per heavy atom. The first-order valence-electron chi connectivity index (χ1n) is 11.7. The lowest BCUT2D eigenvalue weighted by molar-refractivity contribution is -0.758. The molecule has 0 radical (unpaired) electrons. The van der Waals surface area contributed by atoms with E-state index in [1.807, 2.05) is 0 Å². The Labute approximate surface area is 208 Å². The number of thioether (sulfide) groups is 1. The number of rotatable bonds is 7. The van der Waals surface area contributed by atoms with Gasteiger partial charge in [0.25, 0.3) is 11.0 Å². The van der Waals surface area contributed by atoms with Gasteiger partial charge in [0.1, 0.15) is 24.1 Å². The fourth-order valence-corrected chi connectivity index (χ4v) is 7.55. The zero-order valence-corrected chi connectivity index (χ0v) is 20.1. The van der Waals surface area contributed by atoms with E-state index in [2.05, 4.69) is 4.84 Å². The SMILES string of the molecule is C[C@@]1(CO[N+](=O)[O-])S[C@H]2C(N3C(=O)C4CCCCC4C3=O)C(=O)N2C1C(=O)OCN1C(=O)CCC1=O. The van der Waals surface area contributed by atoms with Gasteiger partial charge in [0.2, 0.25) is 23.6 Å². The number of amides is 5. The van der Waals surface area contributed by atoms with Gasteiger partial charge in [-0.05, 0) is 19.8 Å². The van der Waals surface area contributed by atoms with Crippen LogP contribution in [0.5, 0.6) is 0 Å². The van der Waals surface area contributed by atoms with Crippen molar-refractivity contribution >= 4 is 47.3 Å². The van der Waals surface area contributed by atoms with Crippen molar-refractivity contribution in [2.75, 3.05) is 13.3 Å². The van der Waals surface area contributed by atoms with Crippen LogP contribution in [0.3, 0.4) is 0 Å². The Kier molecular flexibility index (Phi) is 5.92. The molecule has 0 aromatic rings. The Bertz CT molecular complexity index is 1040. The summed E-state index contributed by atoms with van der Waals surface area (Å²) in [6, 6.07) is -2.49. The zero-order valence-electron chi connectivity index (χ0n) is 19.3. The van der Waals surface area contributed by atoms with Crippen LogP contribution in [0.4, 0.5) is 0 Å². The molecule has 0 bridgehead atoms. The van der Waals surface area contributed by atoms with Gasteiger partial charge in [0.05, 0.1) is 16.6 Å². The minimum Gasteiger partial charge on any atom is -0.442 e. The van der Waals surface area contributed by atoms with Crippen molar-refractivity contribution < 1.29 is 43.4 Å². The predicted molar refractivity (Wildman–Crippen MR) is 116 cm³/mol. The molecular weight excluding hydrogens is 500 g/mol. The van der Waals surface area contributed by atoms with E-state index in [9.17, 15) is 38.9 Å². The highest BCUT2D eigenvalue weighted by molar-refractivity contribution is 8.01. The molecule has 6 atom stereocenters. The number of imide groups is 2. The van der Waals surface area contributed by atoms with Crippen molar-refractivity contribution in [2.24, 2.45) is 11.8 Å². The zero-order chi connectivity index (χ0) is 25.9. The molecule has 5 aliphatic rings. The quantitative estimate of drug-likeness (QED) is 0.137. The molecule has 1 saturated carbocycles. The van der Waals surface area contributed by atoms with Gasteiger partial charge in [-0.15, -0.1) is 21.9 Å². The molecule has 194 valence electrons. The first kappa shape index (κ1) is 24.5. The minimum absolute atomic E-state index is 0.00169. The number of ether oxygens (including phenoxy) is 1. The molecule has 15 heteroatoms. The molecule has 0 N–H and O–H groups in total. The number of nitrogens with zero attached hydrogens (tertiary/aromatic N) is 4. The highest BCUT2D eigenvalue weighted by Gasteiger charge is 2.70. The van der Waals surface area contributed by atoms with Crippen LogP contribution in [0.25, 0.3) is 0 Å².